The molecule has 0 N–H and O–H groups in total. The molecular weight excluding hydrogens is 377 g/mol. The highest BCUT2D eigenvalue weighted by molar-refractivity contribution is 6.32. The molecule has 0 aliphatic rings. The Labute approximate surface area is 163 Å². The van der Waals surface area contributed by atoms with Gasteiger partial charge in [0.15, 0.2) is 11.5 Å². The normalized spacial score (nSPS) is 10.3. The van der Waals surface area contributed by atoms with E-state index in [1.54, 1.807) is 48.3 Å². The van der Waals surface area contributed by atoms with Crippen molar-refractivity contribution in [3.05, 3.63) is 52.0 Å². The van der Waals surface area contributed by atoms with Crippen LogP contribution >= 0.6 is 23.2 Å². The van der Waals surface area contributed by atoms with E-state index in [0.29, 0.717) is 52.6 Å². The van der Waals surface area contributed by atoms with Crippen LogP contribution in [0.1, 0.15) is 17.3 Å². The number of amides is 1. The van der Waals surface area contributed by atoms with Crippen LogP contribution in [-0.2, 0) is 0 Å². The first-order valence-electron chi connectivity index (χ1n) is 8.10. The van der Waals surface area contributed by atoms with Crippen LogP contribution in [0.15, 0.2) is 36.4 Å². The molecule has 0 fully saturated rings. The molecule has 26 heavy (non-hydrogen) atoms. The third kappa shape index (κ3) is 5.19. The van der Waals surface area contributed by atoms with E-state index >= 15 is 0 Å². The van der Waals surface area contributed by atoms with Crippen molar-refractivity contribution in [3.8, 4) is 17.2 Å². The number of ether oxygens (including phenoxy) is 3. The van der Waals surface area contributed by atoms with Gasteiger partial charge in [-0.2, -0.15) is 0 Å². The van der Waals surface area contributed by atoms with Crippen LogP contribution in [0, 0.1) is 0 Å². The zero-order chi connectivity index (χ0) is 19.1. The zero-order valence-corrected chi connectivity index (χ0v) is 16.4. The molecule has 2 rings (SSSR count). The summed E-state index contributed by atoms with van der Waals surface area (Å²) in [5, 5.41) is 0.978. The van der Waals surface area contributed by atoms with Gasteiger partial charge in [-0.3, -0.25) is 4.79 Å². The van der Waals surface area contributed by atoms with Gasteiger partial charge < -0.3 is 19.1 Å². The molecule has 0 bridgehead atoms. The van der Waals surface area contributed by atoms with Crippen molar-refractivity contribution in [2.75, 3.05) is 33.9 Å². The number of nitrogens with zero attached hydrogens (tertiary/aromatic N) is 1. The van der Waals surface area contributed by atoms with E-state index in [-0.39, 0.29) is 5.91 Å². The Bertz CT molecular complexity index is 750. The van der Waals surface area contributed by atoms with Gasteiger partial charge in [0.2, 0.25) is 0 Å². The first kappa shape index (κ1) is 20.2. The number of carbonyl (C=O) groups is 1. The molecule has 140 valence electrons. The third-order valence-corrected chi connectivity index (χ3v) is 4.15. The lowest BCUT2D eigenvalue weighted by atomic mass is 10.1. The fourth-order valence-electron chi connectivity index (χ4n) is 2.28. The summed E-state index contributed by atoms with van der Waals surface area (Å²) in [5.74, 6) is 1.37. The average molecular weight is 398 g/mol. The molecule has 1 amide bonds. The van der Waals surface area contributed by atoms with Crippen molar-refractivity contribution >= 4 is 29.1 Å². The van der Waals surface area contributed by atoms with E-state index in [4.69, 9.17) is 37.4 Å². The van der Waals surface area contributed by atoms with Crippen LogP contribution in [0.5, 0.6) is 17.2 Å². The average Bonchev–Trinajstić information content (AvgIpc) is 2.64. The van der Waals surface area contributed by atoms with E-state index < -0.39 is 0 Å². The second-order valence-electron chi connectivity index (χ2n) is 5.45. The molecule has 0 aliphatic heterocycles. The maximum atomic E-state index is 12.6. The Kier molecular flexibility index (Phi) is 7.42. The van der Waals surface area contributed by atoms with Gasteiger partial charge in [0.1, 0.15) is 12.4 Å². The van der Waals surface area contributed by atoms with E-state index in [1.807, 2.05) is 6.92 Å². The number of rotatable bonds is 8. The SMILES string of the molecule is CCOc1c(Cl)cc(C(=O)N(C)CCOc2ccc(Cl)cc2)cc1OC. The molecule has 0 aliphatic carbocycles. The van der Waals surface area contributed by atoms with Crippen molar-refractivity contribution in [2.45, 2.75) is 6.92 Å². The monoisotopic (exact) mass is 397 g/mol. The summed E-state index contributed by atoms with van der Waals surface area (Å²) in [4.78, 5) is 14.2. The lowest BCUT2D eigenvalue weighted by Crippen LogP contribution is -2.30. The Morgan fingerprint density at radius 2 is 1.81 bits per heavy atom. The minimum Gasteiger partial charge on any atom is -0.493 e. The van der Waals surface area contributed by atoms with Crippen molar-refractivity contribution in [2.24, 2.45) is 0 Å². The zero-order valence-electron chi connectivity index (χ0n) is 14.9. The van der Waals surface area contributed by atoms with Crippen molar-refractivity contribution in [1.82, 2.24) is 4.90 Å². The van der Waals surface area contributed by atoms with Gasteiger partial charge in [-0.25, -0.2) is 0 Å². The highest BCUT2D eigenvalue weighted by Crippen LogP contribution is 2.36. The maximum Gasteiger partial charge on any atom is 0.253 e. The molecule has 7 heteroatoms. The highest BCUT2D eigenvalue weighted by atomic mass is 35.5. The van der Waals surface area contributed by atoms with Crippen LogP contribution in [0.25, 0.3) is 0 Å². The van der Waals surface area contributed by atoms with Crippen LogP contribution in [0.3, 0.4) is 0 Å². The predicted octanol–water partition coefficient (Wildman–Crippen LogP) is 4.55. The van der Waals surface area contributed by atoms with Crippen LogP contribution in [0.2, 0.25) is 10.0 Å². The summed E-state index contributed by atoms with van der Waals surface area (Å²) in [6.45, 7) is 3.06. The summed E-state index contributed by atoms with van der Waals surface area (Å²) in [7, 11) is 3.20. The minimum absolute atomic E-state index is 0.187. The Balaban J connectivity index is 2.00. The van der Waals surface area contributed by atoms with E-state index in [0.717, 1.165) is 0 Å². The second-order valence-corrected chi connectivity index (χ2v) is 6.30. The number of hydrogen-bond donors (Lipinski definition) is 0. The number of likely N-dealkylation sites (N-methyl/N-ethyl adjacent to an activating group) is 1. The molecule has 0 aromatic heterocycles. The minimum atomic E-state index is -0.187. The molecular formula is C19H21Cl2NO4. The molecule has 2 aromatic carbocycles. The summed E-state index contributed by atoms with van der Waals surface area (Å²) in [6, 6.07) is 10.3. The van der Waals surface area contributed by atoms with Gasteiger partial charge in [-0.05, 0) is 43.3 Å². The van der Waals surface area contributed by atoms with Crippen LogP contribution in [0.4, 0.5) is 0 Å². The number of benzene rings is 2. The first-order chi connectivity index (χ1) is 12.5. The summed E-state index contributed by atoms with van der Waals surface area (Å²) >= 11 is 12.1. The Morgan fingerprint density at radius 1 is 1.12 bits per heavy atom. The van der Waals surface area contributed by atoms with Gasteiger partial charge >= 0.3 is 0 Å². The van der Waals surface area contributed by atoms with Crippen molar-refractivity contribution in [3.63, 3.8) is 0 Å². The molecule has 0 spiro atoms. The summed E-state index contributed by atoms with van der Waals surface area (Å²) < 4.78 is 16.4. The smallest absolute Gasteiger partial charge is 0.253 e. The highest BCUT2D eigenvalue weighted by Gasteiger charge is 2.18. The molecule has 0 atom stereocenters. The van der Waals surface area contributed by atoms with Crippen LogP contribution < -0.4 is 14.2 Å². The second kappa shape index (κ2) is 9.55. The summed E-state index contributed by atoms with van der Waals surface area (Å²) in [6.07, 6.45) is 0. The van der Waals surface area contributed by atoms with Gasteiger partial charge in [0.25, 0.3) is 5.91 Å². The molecule has 0 saturated heterocycles. The van der Waals surface area contributed by atoms with Gasteiger partial charge in [-0.15, -0.1) is 0 Å². The topological polar surface area (TPSA) is 48.0 Å². The third-order valence-electron chi connectivity index (χ3n) is 3.62. The summed E-state index contributed by atoms with van der Waals surface area (Å²) in [5.41, 5.74) is 0.421. The molecule has 2 aromatic rings. The van der Waals surface area contributed by atoms with E-state index in [1.165, 1.54) is 7.11 Å². The Morgan fingerprint density at radius 3 is 2.42 bits per heavy atom. The predicted molar refractivity (Wildman–Crippen MR) is 103 cm³/mol. The standard InChI is InChI=1S/C19H21Cl2NO4/c1-4-25-18-16(21)11-13(12-17(18)24-3)19(23)22(2)9-10-26-15-7-5-14(20)6-8-15/h5-8,11-12H,4,9-10H2,1-3H3. The van der Waals surface area contributed by atoms with Crippen molar-refractivity contribution < 1.29 is 19.0 Å². The fourth-order valence-corrected chi connectivity index (χ4v) is 2.67. The maximum absolute atomic E-state index is 12.6. The molecule has 5 nitrogen and oxygen atoms in total. The Hall–Kier alpha value is -2.11. The van der Waals surface area contributed by atoms with Crippen molar-refractivity contribution in [1.29, 1.82) is 0 Å². The first-order valence-corrected chi connectivity index (χ1v) is 8.86. The van der Waals surface area contributed by atoms with Crippen LogP contribution in [-0.4, -0.2) is 44.7 Å². The quantitative estimate of drug-likeness (QED) is 0.655. The molecule has 0 heterocycles. The number of hydrogen-bond acceptors (Lipinski definition) is 4. The lowest BCUT2D eigenvalue weighted by Gasteiger charge is -2.19. The number of methoxy groups -OCH3 is 1. The molecule has 0 saturated carbocycles. The fraction of sp³-hybridized carbons (Fsp3) is 0.316. The van der Waals surface area contributed by atoms with E-state index in [9.17, 15) is 4.79 Å². The van der Waals surface area contributed by atoms with Gasteiger partial charge in [0, 0.05) is 17.6 Å². The number of halogens is 2. The lowest BCUT2D eigenvalue weighted by molar-refractivity contribution is 0.0773. The molecule has 0 unspecified atom stereocenters. The van der Waals surface area contributed by atoms with Gasteiger partial charge in [-0.1, -0.05) is 23.2 Å². The van der Waals surface area contributed by atoms with Gasteiger partial charge in [0.05, 0.1) is 25.3 Å². The molecule has 0 radical (unpaired) electrons. The largest absolute Gasteiger partial charge is 0.493 e. The van der Waals surface area contributed by atoms with E-state index in [2.05, 4.69) is 0 Å². The number of carbonyl (C=O) groups excluding carboxylic acids is 1.